The lowest BCUT2D eigenvalue weighted by molar-refractivity contribution is -0.121. The molecule has 2 rings (SSSR count). The lowest BCUT2D eigenvalue weighted by atomic mass is 10.0. The van der Waals surface area contributed by atoms with Crippen molar-refractivity contribution >= 4 is 5.91 Å². The third-order valence-corrected chi connectivity index (χ3v) is 4.29. The van der Waals surface area contributed by atoms with E-state index in [-0.39, 0.29) is 11.9 Å². The number of amides is 1. The maximum atomic E-state index is 12.4. The zero-order valence-electron chi connectivity index (χ0n) is 16.4. The summed E-state index contributed by atoms with van der Waals surface area (Å²) in [6.45, 7) is 11.1. The van der Waals surface area contributed by atoms with Gasteiger partial charge in [-0.1, -0.05) is 29.8 Å². The number of hydrogen-bond acceptors (Lipinski definition) is 3. The summed E-state index contributed by atoms with van der Waals surface area (Å²) in [6.07, 6.45) is 0.381. The van der Waals surface area contributed by atoms with Gasteiger partial charge in [0, 0.05) is 0 Å². The molecule has 26 heavy (non-hydrogen) atoms. The first-order valence-electron chi connectivity index (χ1n) is 9.19. The number of rotatable bonds is 8. The van der Waals surface area contributed by atoms with Crippen LogP contribution in [0.25, 0.3) is 0 Å². The maximum absolute atomic E-state index is 12.4. The Balaban J connectivity index is 2.07. The van der Waals surface area contributed by atoms with Gasteiger partial charge >= 0.3 is 0 Å². The van der Waals surface area contributed by atoms with Crippen LogP contribution in [-0.4, -0.2) is 19.1 Å². The van der Waals surface area contributed by atoms with Gasteiger partial charge in [0.25, 0.3) is 0 Å². The van der Waals surface area contributed by atoms with Crippen LogP contribution in [0.5, 0.6) is 11.5 Å². The Morgan fingerprint density at radius 1 is 1.00 bits per heavy atom. The minimum absolute atomic E-state index is 0.0105. The molecule has 1 unspecified atom stereocenters. The van der Waals surface area contributed by atoms with Crippen LogP contribution in [0.1, 0.15) is 49.1 Å². The molecule has 1 amide bonds. The largest absolute Gasteiger partial charge is 0.490 e. The molecule has 0 aliphatic carbocycles. The van der Waals surface area contributed by atoms with Crippen molar-refractivity contribution < 1.29 is 14.3 Å². The first kappa shape index (κ1) is 19.8. The Morgan fingerprint density at radius 3 is 2.35 bits per heavy atom. The molecule has 0 saturated heterocycles. The SMILES string of the molecule is CCOc1ccc(C(C)NC(=O)Cc2ccc(C)cc2C)cc1OCC. The highest BCUT2D eigenvalue weighted by Crippen LogP contribution is 2.30. The zero-order valence-corrected chi connectivity index (χ0v) is 16.4. The van der Waals surface area contributed by atoms with Crippen molar-refractivity contribution in [3.05, 3.63) is 58.7 Å². The molecule has 0 heterocycles. The zero-order chi connectivity index (χ0) is 19.1. The van der Waals surface area contributed by atoms with Gasteiger partial charge in [-0.05, 0) is 63.4 Å². The number of ether oxygens (including phenoxy) is 2. The Labute approximate surface area is 156 Å². The number of carbonyl (C=O) groups is 1. The second kappa shape index (κ2) is 9.27. The Bertz CT molecular complexity index is 755. The average molecular weight is 355 g/mol. The number of aryl methyl sites for hydroxylation is 2. The summed E-state index contributed by atoms with van der Waals surface area (Å²) in [5.74, 6) is 1.45. The Kier molecular flexibility index (Phi) is 7.07. The number of benzene rings is 2. The van der Waals surface area contributed by atoms with Crippen molar-refractivity contribution in [1.82, 2.24) is 5.32 Å². The van der Waals surface area contributed by atoms with E-state index in [4.69, 9.17) is 9.47 Å². The molecular formula is C22H29NO3. The molecule has 4 heteroatoms. The monoisotopic (exact) mass is 355 g/mol. The Morgan fingerprint density at radius 2 is 1.69 bits per heavy atom. The topological polar surface area (TPSA) is 47.6 Å². The van der Waals surface area contributed by atoms with Crippen molar-refractivity contribution in [1.29, 1.82) is 0 Å². The molecule has 0 fully saturated rings. The average Bonchev–Trinajstić information content (AvgIpc) is 2.59. The standard InChI is InChI=1S/C22H29NO3/c1-6-25-20-11-10-19(13-21(20)26-7-2)17(5)23-22(24)14-18-9-8-15(3)12-16(18)4/h8-13,17H,6-7,14H2,1-5H3,(H,23,24). The smallest absolute Gasteiger partial charge is 0.224 e. The second-order valence-corrected chi connectivity index (χ2v) is 6.47. The second-order valence-electron chi connectivity index (χ2n) is 6.47. The first-order valence-corrected chi connectivity index (χ1v) is 9.19. The molecular weight excluding hydrogens is 326 g/mol. The fourth-order valence-electron chi connectivity index (χ4n) is 2.93. The molecule has 0 aliphatic heterocycles. The van der Waals surface area contributed by atoms with E-state index in [0.717, 1.165) is 22.4 Å². The van der Waals surface area contributed by atoms with Gasteiger partial charge in [0.05, 0.1) is 25.7 Å². The quantitative estimate of drug-likeness (QED) is 0.757. The van der Waals surface area contributed by atoms with Crippen LogP contribution in [0.3, 0.4) is 0 Å². The Hall–Kier alpha value is -2.49. The summed E-state index contributed by atoms with van der Waals surface area (Å²) in [7, 11) is 0. The highest BCUT2D eigenvalue weighted by molar-refractivity contribution is 5.79. The number of hydrogen-bond donors (Lipinski definition) is 1. The van der Waals surface area contributed by atoms with Gasteiger partial charge < -0.3 is 14.8 Å². The molecule has 0 aliphatic rings. The number of carbonyl (C=O) groups excluding carboxylic acids is 1. The lowest BCUT2D eigenvalue weighted by Crippen LogP contribution is -2.28. The van der Waals surface area contributed by atoms with Crippen LogP contribution < -0.4 is 14.8 Å². The van der Waals surface area contributed by atoms with Gasteiger partial charge in [-0.15, -0.1) is 0 Å². The molecule has 0 bridgehead atoms. The normalized spacial score (nSPS) is 11.7. The van der Waals surface area contributed by atoms with E-state index >= 15 is 0 Å². The molecule has 1 N–H and O–H groups in total. The minimum atomic E-state index is -0.108. The molecule has 0 saturated carbocycles. The maximum Gasteiger partial charge on any atom is 0.224 e. The predicted octanol–water partition coefficient (Wildman–Crippen LogP) is 4.52. The van der Waals surface area contributed by atoms with E-state index in [1.165, 1.54) is 5.56 Å². The van der Waals surface area contributed by atoms with Gasteiger partial charge in [-0.3, -0.25) is 4.79 Å². The van der Waals surface area contributed by atoms with Crippen LogP contribution in [0.4, 0.5) is 0 Å². The number of nitrogens with one attached hydrogen (secondary N) is 1. The van der Waals surface area contributed by atoms with Crippen LogP contribution >= 0.6 is 0 Å². The summed E-state index contributed by atoms with van der Waals surface area (Å²) in [6, 6.07) is 11.9. The lowest BCUT2D eigenvalue weighted by Gasteiger charge is -2.18. The van der Waals surface area contributed by atoms with Gasteiger partial charge in [0.15, 0.2) is 11.5 Å². The van der Waals surface area contributed by atoms with Gasteiger partial charge in [-0.2, -0.15) is 0 Å². The van der Waals surface area contributed by atoms with Crippen LogP contribution in [-0.2, 0) is 11.2 Å². The summed E-state index contributed by atoms with van der Waals surface area (Å²) in [5.41, 5.74) is 4.40. The minimum Gasteiger partial charge on any atom is -0.490 e. The molecule has 140 valence electrons. The van der Waals surface area contributed by atoms with Crippen molar-refractivity contribution in [3.63, 3.8) is 0 Å². The fourth-order valence-corrected chi connectivity index (χ4v) is 2.93. The molecule has 0 spiro atoms. The molecule has 1 atom stereocenters. The van der Waals surface area contributed by atoms with Crippen LogP contribution in [0.15, 0.2) is 36.4 Å². The van der Waals surface area contributed by atoms with Gasteiger partial charge in [0.2, 0.25) is 5.91 Å². The highest BCUT2D eigenvalue weighted by Gasteiger charge is 2.14. The summed E-state index contributed by atoms with van der Waals surface area (Å²) < 4.78 is 11.3. The van der Waals surface area contributed by atoms with E-state index in [9.17, 15) is 4.79 Å². The van der Waals surface area contributed by atoms with E-state index in [0.29, 0.717) is 25.4 Å². The highest BCUT2D eigenvalue weighted by atomic mass is 16.5. The molecule has 2 aromatic rings. The molecule has 0 radical (unpaired) electrons. The van der Waals surface area contributed by atoms with E-state index in [2.05, 4.69) is 18.3 Å². The summed E-state index contributed by atoms with van der Waals surface area (Å²) >= 11 is 0. The molecule has 4 nitrogen and oxygen atoms in total. The van der Waals surface area contributed by atoms with Crippen LogP contribution in [0, 0.1) is 13.8 Å². The van der Waals surface area contributed by atoms with Gasteiger partial charge in [0.1, 0.15) is 0 Å². The van der Waals surface area contributed by atoms with Crippen molar-refractivity contribution in [2.24, 2.45) is 0 Å². The van der Waals surface area contributed by atoms with Crippen molar-refractivity contribution in [2.75, 3.05) is 13.2 Å². The summed E-state index contributed by atoms with van der Waals surface area (Å²) in [5, 5.41) is 3.07. The third kappa shape index (κ3) is 5.25. The van der Waals surface area contributed by atoms with E-state index in [1.807, 2.05) is 58.0 Å². The third-order valence-electron chi connectivity index (χ3n) is 4.29. The predicted molar refractivity (Wildman–Crippen MR) is 105 cm³/mol. The van der Waals surface area contributed by atoms with Crippen LogP contribution in [0.2, 0.25) is 0 Å². The van der Waals surface area contributed by atoms with Crippen molar-refractivity contribution in [3.8, 4) is 11.5 Å². The van der Waals surface area contributed by atoms with E-state index < -0.39 is 0 Å². The molecule has 2 aromatic carbocycles. The summed E-state index contributed by atoms with van der Waals surface area (Å²) in [4.78, 5) is 12.4. The molecule has 0 aromatic heterocycles. The van der Waals surface area contributed by atoms with E-state index in [1.54, 1.807) is 0 Å². The van der Waals surface area contributed by atoms with Crippen molar-refractivity contribution in [2.45, 2.75) is 47.1 Å². The fraction of sp³-hybridized carbons (Fsp3) is 0.409. The van der Waals surface area contributed by atoms with Gasteiger partial charge in [-0.25, -0.2) is 0 Å². The first-order chi connectivity index (χ1) is 12.4.